The zero-order chi connectivity index (χ0) is 19.0. The Balaban J connectivity index is 1.52. The normalized spacial score (nSPS) is 13.6. The van der Waals surface area contributed by atoms with Gasteiger partial charge in [-0.1, -0.05) is 11.6 Å². The number of hydrogen-bond donors (Lipinski definition) is 0. The third-order valence-electron chi connectivity index (χ3n) is 4.46. The highest BCUT2D eigenvalue weighted by molar-refractivity contribution is 8.00. The third kappa shape index (κ3) is 3.70. The van der Waals surface area contributed by atoms with Crippen LogP contribution in [0.4, 0.5) is 4.39 Å². The van der Waals surface area contributed by atoms with Crippen molar-refractivity contribution in [3.8, 4) is 0 Å². The molecular weight excluding hydrogens is 389 g/mol. The molecule has 5 nitrogen and oxygen atoms in total. The van der Waals surface area contributed by atoms with Crippen LogP contribution in [0.25, 0.3) is 5.65 Å². The van der Waals surface area contributed by atoms with Gasteiger partial charge in [0.25, 0.3) is 5.56 Å². The molecule has 1 aliphatic rings. The van der Waals surface area contributed by atoms with Crippen molar-refractivity contribution in [3.05, 3.63) is 75.0 Å². The summed E-state index contributed by atoms with van der Waals surface area (Å²) in [5.41, 5.74) is 1.62. The van der Waals surface area contributed by atoms with Gasteiger partial charge < -0.3 is 4.90 Å². The zero-order valence-electron chi connectivity index (χ0n) is 14.2. The van der Waals surface area contributed by atoms with Gasteiger partial charge in [0, 0.05) is 24.1 Å². The van der Waals surface area contributed by atoms with Gasteiger partial charge in [-0.15, -0.1) is 11.8 Å². The fourth-order valence-electron chi connectivity index (χ4n) is 3.05. The van der Waals surface area contributed by atoms with Crippen LogP contribution in [0.5, 0.6) is 0 Å². The number of nitrogens with zero attached hydrogens (tertiary/aromatic N) is 3. The Morgan fingerprint density at radius 3 is 2.78 bits per heavy atom. The molecule has 0 N–H and O–H groups in total. The first-order valence-corrected chi connectivity index (χ1v) is 9.73. The van der Waals surface area contributed by atoms with Crippen molar-refractivity contribution < 1.29 is 9.18 Å². The summed E-state index contributed by atoms with van der Waals surface area (Å²) in [6.07, 6.45) is 2.08. The minimum atomic E-state index is -0.307. The minimum absolute atomic E-state index is 0.0643. The molecule has 2 aromatic heterocycles. The van der Waals surface area contributed by atoms with Crippen LogP contribution in [0.2, 0.25) is 5.02 Å². The molecule has 0 aliphatic carbocycles. The monoisotopic (exact) mass is 403 g/mol. The first-order valence-electron chi connectivity index (χ1n) is 8.37. The molecule has 8 heteroatoms. The molecule has 0 saturated heterocycles. The molecule has 0 bridgehead atoms. The van der Waals surface area contributed by atoms with Crippen LogP contribution in [0.1, 0.15) is 11.3 Å². The third-order valence-corrected chi connectivity index (χ3v) is 5.68. The van der Waals surface area contributed by atoms with Crippen molar-refractivity contribution in [1.82, 2.24) is 14.3 Å². The van der Waals surface area contributed by atoms with E-state index in [0.29, 0.717) is 29.2 Å². The van der Waals surface area contributed by atoms with E-state index in [1.807, 2.05) is 0 Å². The van der Waals surface area contributed by atoms with Crippen LogP contribution in [-0.2, 0) is 17.8 Å². The first kappa shape index (κ1) is 18.0. The van der Waals surface area contributed by atoms with E-state index in [1.54, 1.807) is 29.2 Å². The van der Waals surface area contributed by atoms with Crippen molar-refractivity contribution in [2.45, 2.75) is 17.9 Å². The van der Waals surface area contributed by atoms with Crippen LogP contribution in [0.15, 0.2) is 52.3 Å². The molecule has 0 atom stereocenters. The van der Waals surface area contributed by atoms with Gasteiger partial charge in [0.1, 0.15) is 11.5 Å². The van der Waals surface area contributed by atoms with Crippen LogP contribution in [-0.4, -0.2) is 32.5 Å². The number of carbonyl (C=O) groups is 1. The Morgan fingerprint density at radius 1 is 1.22 bits per heavy atom. The SMILES string of the molecule is O=C(CSc1ccc(F)cc1)N1CCc2nc3ccc(Cl)cn3c(=O)c2C1. The Hall–Kier alpha value is -2.38. The quantitative estimate of drug-likeness (QED) is 0.630. The number of aromatic nitrogens is 2. The van der Waals surface area contributed by atoms with Gasteiger partial charge in [0.2, 0.25) is 5.91 Å². The lowest BCUT2D eigenvalue weighted by Crippen LogP contribution is -2.41. The number of thioether (sulfide) groups is 1. The van der Waals surface area contributed by atoms with Crippen molar-refractivity contribution >= 4 is 34.9 Å². The van der Waals surface area contributed by atoms with Crippen LogP contribution >= 0.6 is 23.4 Å². The van der Waals surface area contributed by atoms with Gasteiger partial charge in [-0.25, -0.2) is 9.37 Å². The van der Waals surface area contributed by atoms with E-state index in [-0.39, 0.29) is 29.6 Å². The smallest absolute Gasteiger partial charge is 0.263 e. The summed E-state index contributed by atoms with van der Waals surface area (Å²) >= 11 is 7.33. The maximum absolute atomic E-state index is 13.0. The molecule has 3 aromatic rings. The van der Waals surface area contributed by atoms with E-state index in [1.165, 1.54) is 34.5 Å². The molecule has 1 aromatic carbocycles. The topological polar surface area (TPSA) is 54.7 Å². The van der Waals surface area contributed by atoms with Crippen LogP contribution in [0, 0.1) is 5.82 Å². The number of amides is 1. The van der Waals surface area contributed by atoms with Gasteiger partial charge in [-0.2, -0.15) is 0 Å². The van der Waals surface area contributed by atoms with E-state index in [9.17, 15) is 14.0 Å². The van der Waals surface area contributed by atoms with Gasteiger partial charge in [-0.3, -0.25) is 14.0 Å². The van der Waals surface area contributed by atoms with Crippen LogP contribution in [0.3, 0.4) is 0 Å². The van der Waals surface area contributed by atoms with Crippen molar-refractivity contribution in [2.24, 2.45) is 0 Å². The highest BCUT2D eigenvalue weighted by atomic mass is 35.5. The van der Waals surface area contributed by atoms with Gasteiger partial charge in [0.15, 0.2) is 0 Å². The molecule has 138 valence electrons. The van der Waals surface area contributed by atoms with Gasteiger partial charge >= 0.3 is 0 Å². The van der Waals surface area contributed by atoms with E-state index in [4.69, 9.17) is 11.6 Å². The van der Waals surface area contributed by atoms with E-state index >= 15 is 0 Å². The summed E-state index contributed by atoms with van der Waals surface area (Å²) in [7, 11) is 0. The number of halogens is 2. The van der Waals surface area contributed by atoms with Crippen molar-refractivity contribution in [3.63, 3.8) is 0 Å². The molecule has 0 spiro atoms. The summed E-state index contributed by atoms with van der Waals surface area (Å²) in [6.45, 7) is 0.755. The summed E-state index contributed by atoms with van der Waals surface area (Å²) in [5, 5.41) is 0.450. The maximum Gasteiger partial charge on any atom is 0.263 e. The minimum Gasteiger partial charge on any atom is -0.337 e. The summed E-state index contributed by atoms with van der Waals surface area (Å²) in [4.78, 5) is 32.4. The van der Waals surface area contributed by atoms with Crippen LogP contribution < -0.4 is 5.56 Å². The molecule has 1 amide bonds. The number of hydrogen-bond acceptors (Lipinski definition) is 4. The lowest BCUT2D eigenvalue weighted by Gasteiger charge is -2.28. The average molecular weight is 404 g/mol. The fraction of sp³-hybridized carbons (Fsp3) is 0.211. The van der Waals surface area contributed by atoms with E-state index in [0.717, 1.165) is 10.6 Å². The molecule has 0 fully saturated rings. The van der Waals surface area contributed by atoms with Gasteiger partial charge in [-0.05, 0) is 36.4 Å². The number of pyridine rings is 1. The molecule has 3 heterocycles. The molecule has 27 heavy (non-hydrogen) atoms. The molecule has 0 radical (unpaired) electrons. The summed E-state index contributed by atoms with van der Waals surface area (Å²) in [6, 6.07) is 9.43. The molecule has 4 rings (SSSR count). The standard InChI is InChI=1S/C19H15ClFN3O2S/c20-12-1-6-17-22-16-7-8-23(10-15(16)19(26)24(17)9-12)18(25)11-27-14-4-2-13(21)3-5-14/h1-6,9H,7-8,10-11H2. The average Bonchev–Trinajstić information content (AvgIpc) is 2.68. The fourth-order valence-corrected chi connectivity index (χ4v) is 4.01. The predicted molar refractivity (Wildman–Crippen MR) is 103 cm³/mol. The zero-order valence-corrected chi connectivity index (χ0v) is 15.8. The summed E-state index contributed by atoms with van der Waals surface area (Å²) in [5.74, 6) is -0.140. The largest absolute Gasteiger partial charge is 0.337 e. The predicted octanol–water partition coefficient (Wildman–Crippen LogP) is 3.16. The molecule has 0 saturated carbocycles. The van der Waals surface area contributed by atoms with Gasteiger partial charge in [0.05, 0.1) is 28.6 Å². The highest BCUT2D eigenvalue weighted by Crippen LogP contribution is 2.21. The van der Waals surface area contributed by atoms with E-state index < -0.39 is 0 Å². The second-order valence-corrected chi connectivity index (χ2v) is 7.71. The Bertz CT molecular complexity index is 1080. The van der Waals surface area contributed by atoms with E-state index in [2.05, 4.69) is 4.98 Å². The number of benzene rings is 1. The Kier molecular flexibility index (Phi) is 4.88. The second kappa shape index (κ2) is 7.32. The number of rotatable bonds is 3. The Labute approximate surface area is 163 Å². The van der Waals surface area contributed by atoms with Crippen molar-refractivity contribution in [2.75, 3.05) is 12.3 Å². The highest BCUT2D eigenvalue weighted by Gasteiger charge is 2.25. The molecular formula is C19H15ClFN3O2S. The lowest BCUT2D eigenvalue weighted by atomic mass is 10.1. The lowest BCUT2D eigenvalue weighted by molar-refractivity contribution is -0.129. The Morgan fingerprint density at radius 2 is 2.00 bits per heavy atom. The maximum atomic E-state index is 13.0. The molecule has 0 unspecified atom stereocenters. The summed E-state index contributed by atoms with van der Waals surface area (Å²) < 4.78 is 14.4. The first-order chi connectivity index (χ1) is 13.0. The second-order valence-electron chi connectivity index (χ2n) is 6.23. The number of fused-ring (bicyclic) bond motifs is 2. The molecule has 1 aliphatic heterocycles. The van der Waals surface area contributed by atoms with Crippen molar-refractivity contribution in [1.29, 1.82) is 0 Å². The number of carbonyl (C=O) groups excluding carboxylic acids is 1.